The summed E-state index contributed by atoms with van der Waals surface area (Å²) in [6.07, 6.45) is 2.06. The number of sulfonamides is 1. The highest BCUT2D eigenvalue weighted by molar-refractivity contribution is 7.92. The van der Waals surface area contributed by atoms with E-state index in [1.807, 2.05) is 42.5 Å². The fraction of sp³-hybridized carbons (Fsp3) is 0.364. The molecule has 0 unspecified atom stereocenters. The van der Waals surface area contributed by atoms with Gasteiger partial charge in [0.1, 0.15) is 14.8 Å². The maximum atomic E-state index is 13.1. The van der Waals surface area contributed by atoms with Gasteiger partial charge in [-0.05, 0) is 51.3 Å². The van der Waals surface area contributed by atoms with Crippen molar-refractivity contribution in [3.63, 3.8) is 0 Å². The number of anilines is 1. The maximum absolute atomic E-state index is 13.1. The maximum Gasteiger partial charge on any atom is 0.265 e. The normalized spacial score (nSPS) is 14.3. The molecule has 164 valence electrons. The van der Waals surface area contributed by atoms with Gasteiger partial charge in [0.05, 0.1) is 17.1 Å². The molecule has 1 aliphatic rings. The molecule has 1 aliphatic heterocycles. The van der Waals surface area contributed by atoms with Crippen molar-refractivity contribution in [2.45, 2.75) is 38.5 Å². The Labute approximate surface area is 186 Å². The van der Waals surface area contributed by atoms with Crippen LogP contribution >= 0.6 is 11.3 Å². The van der Waals surface area contributed by atoms with Crippen LogP contribution in [-0.4, -0.2) is 41.9 Å². The lowest BCUT2D eigenvalue weighted by molar-refractivity contribution is 0.0796. The number of para-hydroxylation sites is 1. The lowest BCUT2D eigenvalue weighted by atomic mass is 10.2. The smallest absolute Gasteiger partial charge is 0.265 e. The van der Waals surface area contributed by atoms with Gasteiger partial charge in [-0.25, -0.2) is 13.4 Å². The van der Waals surface area contributed by atoms with Gasteiger partial charge in [-0.1, -0.05) is 18.2 Å². The first-order valence-electron chi connectivity index (χ1n) is 10.2. The lowest BCUT2D eigenvalue weighted by Crippen LogP contribution is -2.27. The van der Waals surface area contributed by atoms with Crippen molar-refractivity contribution in [1.29, 1.82) is 0 Å². The van der Waals surface area contributed by atoms with Crippen LogP contribution in [0.1, 0.15) is 39.5 Å². The Hall–Kier alpha value is -2.65. The topological polar surface area (TPSA) is 84.3 Å². The monoisotopic (exact) mass is 458 g/mol. The number of nitrogens with one attached hydrogen (secondary N) is 1. The van der Waals surface area contributed by atoms with E-state index < -0.39 is 10.0 Å². The second kappa shape index (κ2) is 8.12. The third-order valence-corrected chi connectivity index (χ3v) is 8.42. The second-order valence-electron chi connectivity index (χ2n) is 7.89. The molecule has 0 saturated carbocycles. The number of nitrogens with zero attached hydrogens (tertiary/aromatic N) is 3. The Morgan fingerprint density at radius 3 is 2.48 bits per heavy atom. The molecule has 1 amide bonds. The lowest BCUT2D eigenvalue weighted by Gasteiger charge is -2.13. The van der Waals surface area contributed by atoms with Crippen molar-refractivity contribution in [3.8, 4) is 10.7 Å². The van der Waals surface area contributed by atoms with Gasteiger partial charge in [0.15, 0.2) is 0 Å². The van der Waals surface area contributed by atoms with Gasteiger partial charge in [0.25, 0.3) is 15.9 Å². The molecule has 31 heavy (non-hydrogen) atoms. The largest absolute Gasteiger partial charge is 0.345 e. The van der Waals surface area contributed by atoms with Gasteiger partial charge in [0, 0.05) is 25.8 Å². The van der Waals surface area contributed by atoms with E-state index in [1.165, 1.54) is 11.3 Å². The summed E-state index contributed by atoms with van der Waals surface area (Å²) in [7, 11) is -1.96. The Morgan fingerprint density at radius 2 is 1.81 bits per heavy atom. The minimum atomic E-state index is -3.78. The van der Waals surface area contributed by atoms with E-state index in [-0.39, 0.29) is 10.8 Å². The number of likely N-dealkylation sites (tertiary alicyclic amines) is 1. The van der Waals surface area contributed by atoms with Crippen molar-refractivity contribution in [2.75, 3.05) is 17.8 Å². The minimum absolute atomic E-state index is 0.0127. The molecule has 1 saturated heterocycles. The van der Waals surface area contributed by atoms with Crippen molar-refractivity contribution in [1.82, 2.24) is 14.5 Å². The fourth-order valence-corrected chi connectivity index (χ4v) is 6.31. The molecule has 3 heterocycles. The van der Waals surface area contributed by atoms with Gasteiger partial charge in [-0.15, -0.1) is 11.3 Å². The molecule has 2 aromatic heterocycles. The number of rotatable bonds is 5. The van der Waals surface area contributed by atoms with E-state index in [2.05, 4.69) is 9.71 Å². The quantitative estimate of drug-likeness (QED) is 0.624. The summed E-state index contributed by atoms with van der Waals surface area (Å²) in [5.41, 5.74) is 3.36. The number of aromatic nitrogens is 2. The number of carbonyl (C=O) groups is 1. The Balaban J connectivity index is 1.69. The third kappa shape index (κ3) is 3.99. The predicted molar refractivity (Wildman–Crippen MR) is 123 cm³/mol. The fourth-order valence-electron chi connectivity index (χ4n) is 3.80. The molecular formula is C22H26N4O3S2. The Kier molecular flexibility index (Phi) is 5.65. The molecule has 3 aromatic rings. The second-order valence-corrected chi connectivity index (χ2v) is 10.5. The van der Waals surface area contributed by atoms with Crippen LogP contribution in [0.3, 0.4) is 0 Å². The van der Waals surface area contributed by atoms with Crippen LogP contribution in [0.4, 0.5) is 5.69 Å². The Morgan fingerprint density at radius 1 is 1.13 bits per heavy atom. The van der Waals surface area contributed by atoms with Crippen LogP contribution in [0.25, 0.3) is 10.7 Å². The van der Waals surface area contributed by atoms with Gasteiger partial charge in [-0.2, -0.15) is 0 Å². The molecule has 0 bridgehead atoms. The highest BCUT2D eigenvalue weighted by atomic mass is 32.2. The number of hydrogen-bond acceptors (Lipinski definition) is 5. The number of amides is 1. The van der Waals surface area contributed by atoms with Crippen LogP contribution in [0.15, 0.2) is 35.2 Å². The van der Waals surface area contributed by atoms with E-state index >= 15 is 0 Å². The number of thiazole rings is 1. The molecule has 9 heteroatoms. The van der Waals surface area contributed by atoms with Crippen LogP contribution < -0.4 is 4.72 Å². The number of carbonyl (C=O) groups excluding carboxylic acids is 1. The molecule has 0 radical (unpaired) electrons. The van der Waals surface area contributed by atoms with Gasteiger partial charge >= 0.3 is 0 Å². The molecule has 1 N–H and O–H groups in total. The van der Waals surface area contributed by atoms with Gasteiger partial charge in [-0.3, -0.25) is 9.52 Å². The molecule has 0 atom stereocenters. The molecule has 0 spiro atoms. The molecule has 0 aliphatic carbocycles. The first-order valence-corrected chi connectivity index (χ1v) is 12.5. The van der Waals surface area contributed by atoms with Crippen LogP contribution in [0, 0.1) is 20.8 Å². The van der Waals surface area contributed by atoms with Crippen molar-refractivity contribution >= 4 is 33.0 Å². The van der Waals surface area contributed by atoms with E-state index in [4.69, 9.17) is 0 Å². The van der Waals surface area contributed by atoms with Gasteiger partial charge < -0.3 is 9.47 Å². The summed E-state index contributed by atoms with van der Waals surface area (Å²) in [4.78, 5) is 20.1. The first kappa shape index (κ1) is 21.6. The summed E-state index contributed by atoms with van der Waals surface area (Å²) < 4.78 is 30.8. The summed E-state index contributed by atoms with van der Waals surface area (Å²) in [5, 5.41) is 0.642. The number of aryl methyl sites for hydroxylation is 2. The Bertz CT molecular complexity index is 1250. The molecular weight excluding hydrogens is 432 g/mol. The third-order valence-electron chi connectivity index (χ3n) is 5.77. The van der Waals surface area contributed by atoms with Gasteiger partial charge in [0.2, 0.25) is 0 Å². The van der Waals surface area contributed by atoms with Crippen LogP contribution in [0.2, 0.25) is 0 Å². The van der Waals surface area contributed by atoms with Crippen LogP contribution in [-0.2, 0) is 17.1 Å². The zero-order valence-electron chi connectivity index (χ0n) is 18.1. The average molecular weight is 459 g/mol. The SMILES string of the molecule is Cc1ccccc1NS(=O)(=O)c1cc(-c2nc(C)c(C(=O)N3CCCC3)s2)n(C)c1C. The highest BCUT2D eigenvalue weighted by Crippen LogP contribution is 2.34. The molecule has 4 rings (SSSR count). The summed E-state index contributed by atoms with van der Waals surface area (Å²) in [6, 6.07) is 8.90. The zero-order chi connectivity index (χ0) is 22.3. The molecule has 1 aromatic carbocycles. The molecule has 1 fully saturated rings. The number of benzene rings is 1. The first-order chi connectivity index (χ1) is 14.7. The molecule has 7 nitrogen and oxygen atoms in total. The zero-order valence-corrected chi connectivity index (χ0v) is 19.7. The van der Waals surface area contributed by atoms with Crippen molar-refractivity contribution in [2.24, 2.45) is 7.05 Å². The van der Waals surface area contributed by atoms with Crippen molar-refractivity contribution in [3.05, 3.63) is 52.2 Å². The number of hydrogen-bond donors (Lipinski definition) is 1. The van der Waals surface area contributed by atoms with E-state index in [1.54, 1.807) is 25.1 Å². The minimum Gasteiger partial charge on any atom is -0.345 e. The standard InChI is InChI=1S/C22H26N4O3S2/c1-14-9-5-6-10-17(14)24-31(28,29)19-13-18(25(4)16(19)3)21-23-15(2)20(30-21)22(27)26-11-7-8-12-26/h5-6,9-10,13,24H,7-8,11-12H2,1-4H3. The predicted octanol–water partition coefficient (Wildman–Crippen LogP) is 4.11. The van der Waals surface area contributed by atoms with Crippen LogP contribution in [0.5, 0.6) is 0 Å². The van der Waals surface area contributed by atoms with E-state index in [0.29, 0.717) is 32.7 Å². The highest BCUT2D eigenvalue weighted by Gasteiger charge is 2.27. The summed E-state index contributed by atoms with van der Waals surface area (Å²) >= 11 is 1.32. The summed E-state index contributed by atoms with van der Waals surface area (Å²) in [5.74, 6) is 0.0127. The van der Waals surface area contributed by atoms with E-state index in [0.717, 1.165) is 31.5 Å². The average Bonchev–Trinajstić information content (AvgIpc) is 3.44. The van der Waals surface area contributed by atoms with Crippen molar-refractivity contribution < 1.29 is 13.2 Å². The summed E-state index contributed by atoms with van der Waals surface area (Å²) in [6.45, 7) is 7.02. The van der Waals surface area contributed by atoms with E-state index in [9.17, 15) is 13.2 Å².